The summed E-state index contributed by atoms with van der Waals surface area (Å²) in [4.78, 5) is 22.9. The van der Waals surface area contributed by atoms with E-state index in [-0.39, 0.29) is 17.3 Å². The Morgan fingerprint density at radius 1 is 1.31 bits per heavy atom. The molecule has 26 heavy (non-hydrogen) atoms. The van der Waals surface area contributed by atoms with E-state index >= 15 is 0 Å². The van der Waals surface area contributed by atoms with Crippen LogP contribution in [0.1, 0.15) is 72.6 Å². The lowest BCUT2D eigenvalue weighted by molar-refractivity contribution is -0.164. The Morgan fingerprint density at radius 2 is 2.00 bits per heavy atom. The first kappa shape index (κ1) is 20.7. The highest BCUT2D eigenvalue weighted by Gasteiger charge is 2.57. The van der Waals surface area contributed by atoms with E-state index in [1.807, 2.05) is 13.0 Å². The molecule has 0 bridgehead atoms. The van der Waals surface area contributed by atoms with Gasteiger partial charge in [0, 0.05) is 6.92 Å². The minimum Gasteiger partial charge on any atom is -0.481 e. The van der Waals surface area contributed by atoms with E-state index in [0.717, 1.165) is 44.9 Å². The molecule has 0 radical (unpaired) electrons. The van der Waals surface area contributed by atoms with Crippen molar-refractivity contribution < 1.29 is 19.4 Å². The molecule has 1 N–H and O–H groups in total. The van der Waals surface area contributed by atoms with Crippen molar-refractivity contribution in [1.82, 2.24) is 0 Å². The molecule has 0 heterocycles. The second-order valence-corrected chi connectivity index (χ2v) is 8.78. The van der Waals surface area contributed by atoms with Gasteiger partial charge in [-0.2, -0.15) is 0 Å². The third kappa shape index (κ3) is 4.05. The molecule has 2 aliphatic rings. The third-order valence-electron chi connectivity index (χ3n) is 7.05. The molecule has 0 aliphatic heterocycles. The van der Waals surface area contributed by atoms with E-state index in [2.05, 4.69) is 20.4 Å². The number of carboxylic acids is 1. The first-order chi connectivity index (χ1) is 12.1. The fourth-order valence-electron chi connectivity index (χ4n) is 5.51. The molecule has 0 saturated heterocycles. The summed E-state index contributed by atoms with van der Waals surface area (Å²) >= 11 is 0. The molecule has 2 saturated carbocycles. The number of ether oxygens (including phenoxy) is 1. The van der Waals surface area contributed by atoms with Gasteiger partial charge in [0.25, 0.3) is 0 Å². The third-order valence-corrected chi connectivity index (χ3v) is 7.05. The minimum atomic E-state index is -0.642. The van der Waals surface area contributed by atoms with Gasteiger partial charge in [-0.05, 0) is 75.7 Å². The summed E-state index contributed by atoms with van der Waals surface area (Å²) in [6.45, 7) is 12.4. The zero-order valence-corrected chi connectivity index (χ0v) is 16.8. The molecule has 2 rings (SSSR count). The largest absolute Gasteiger partial charge is 0.481 e. The van der Waals surface area contributed by atoms with E-state index < -0.39 is 11.4 Å². The lowest BCUT2D eigenvalue weighted by Gasteiger charge is -2.57. The summed E-state index contributed by atoms with van der Waals surface area (Å²) in [5, 5.41) is 9.89. The van der Waals surface area contributed by atoms with E-state index in [1.165, 1.54) is 18.1 Å². The molecule has 0 unspecified atom stereocenters. The number of allylic oxidation sites excluding steroid dienone is 2. The quantitative estimate of drug-likeness (QED) is 0.525. The molecule has 0 spiro atoms. The lowest BCUT2D eigenvalue weighted by Crippen LogP contribution is -2.53. The number of carbonyl (C=O) groups is 2. The van der Waals surface area contributed by atoms with Gasteiger partial charge >= 0.3 is 11.9 Å². The number of carbonyl (C=O) groups excluding carboxylic acids is 1. The zero-order chi connectivity index (χ0) is 19.5. The highest BCUT2D eigenvalue weighted by Crippen LogP contribution is 2.62. The minimum absolute atomic E-state index is 0.0108. The number of fused-ring (bicyclic) bond motifs is 1. The fourth-order valence-corrected chi connectivity index (χ4v) is 5.51. The molecule has 146 valence electrons. The van der Waals surface area contributed by atoms with Gasteiger partial charge in [-0.25, -0.2) is 0 Å². The Labute approximate surface area is 157 Å². The van der Waals surface area contributed by atoms with Crippen molar-refractivity contribution in [2.45, 2.75) is 72.6 Å². The topological polar surface area (TPSA) is 63.6 Å². The van der Waals surface area contributed by atoms with E-state index in [0.29, 0.717) is 12.5 Å². The zero-order valence-electron chi connectivity index (χ0n) is 16.8. The summed E-state index contributed by atoms with van der Waals surface area (Å²) in [5.41, 5.74) is 1.89. The molecular formula is C22H34O4. The predicted molar refractivity (Wildman–Crippen MR) is 103 cm³/mol. The molecule has 0 aromatic heterocycles. The number of aliphatic carboxylic acids is 1. The fraction of sp³-hybridized carbons (Fsp3) is 0.727. The predicted octanol–water partition coefficient (Wildman–Crippen LogP) is 5.14. The van der Waals surface area contributed by atoms with Gasteiger partial charge in [-0.15, -0.1) is 0 Å². The van der Waals surface area contributed by atoms with E-state index in [4.69, 9.17) is 4.74 Å². The summed E-state index contributed by atoms with van der Waals surface area (Å²) in [6.07, 6.45) is 8.60. The van der Waals surface area contributed by atoms with Crippen molar-refractivity contribution in [3.63, 3.8) is 0 Å². The maximum Gasteiger partial charge on any atom is 0.309 e. The van der Waals surface area contributed by atoms with Crippen LogP contribution in [0.4, 0.5) is 0 Å². The lowest BCUT2D eigenvalue weighted by atomic mass is 9.46. The molecule has 4 atom stereocenters. The standard InChI is InChI=1S/C22H34O4/c1-15(11-14-26-17(3)23)7-9-18-16(2)8-10-19-21(18,4)12-6-13-22(19,5)20(24)25/h11,18-19H,2,6-10,12-14H2,1,3-5H3,(H,24,25)/t18-,19+,21+,22-/m0/s1. The van der Waals surface area contributed by atoms with Crippen LogP contribution in [0, 0.1) is 22.7 Å². The van der Waals surface area contributed by atoms with Crippen molar-refractivity contribution in [2.75, 3.05) is 6.61 Å². The Kier molecular flexibility index (Phi) is 6.36. The van der Waals surface area contributed by atoms with Crippen LogP contribution in [-0.4, -0.2) is 23.7 Å². The van der Waals surface area contributed by atoms with Gasteiger partial charge in [-0.1, -0.05) is 31.1 Å². The average Bonchev–Trinajstić information content (AvgIpc) is 2.53. The van der Waals surface area contributed by atoms with Crippen LogP contribution in [0.2, 0.25) is 0 Å². The van der Waals surface area contributed by atoms with E-state index in [1.54, 1.807) is 0 Å². The van der Waals surface area contributed by atoms with Crippen LogP contribution >= 0.6 is 0 Å². The summed E-state index contributed by atoms with van der Waals surface area (Å²) in [6, 6.07) is 0. The Hall–Kier alpha value is -1.58. The maximum atomic E-state index is 12.0. The monoisotopic (exact) mass is 362 g/mol. The molecule has 0 aromatic rings. The molecule has 4 nitrogen and oxygen atoms in total. The van der Waals surface area contributed by atoms with Gasteiger partial charge in [0.1, 0.15) is 6.61 Å². The normalized spacial score (nSPS) is 34.9. The number of hydrogen-bond donors (Lipinski definition) is 1. The van der Waals surface area contributed by atoms with Crippen LogP contribution in [0.15, 0.2) is 23.8 Å². The SMILES string of the molecule is C=C1CC[C@@H]2[C@](C)(CCC[C@]2(C)C(=O)O)[C@H]1CCC(C)=CCOC(C)=O. The number of hydrogen-bond acceptors (Lipinski definition) is 3. The molecule has 4 heteroatoms. The maximum absolute atomic E-state index is 12.0. The highest BCUT2D eigenvalue weighted by molar-refractivity contribution is 5.75. The van der Waals surface area contributed by atoms with Gasteiger partial charge in [0.2, 0.25) is 0 Å². The Morgan fingerprint density at radius 3 is 2.62 bits per heavy atom. The molecule has 2 fully saturated rings. The number of rotatable bonds is 6. The van der Waals surface area contributed by atoms with Crippen LogP contribution in [0.5, 0.6) is 0 Å². The highest BCUT2D eigenvalue weighted by atomic mass is 16.5. The van der Waals surface area contributed by atoms with Gasteiger partial charge in [0.15, 0.2) is 0 Å². The molecular weight excluding hydrogens is 328 g/mol. The van der Waals surface area contributed by atoms with Gasteiger partial charge in [-0.3, -0.25) is 9.59 Å². The van der Waals surface area contributed by atoms with Crippen LogP contribution in [0.25, 0.3) is 0 Å². The van der Waals surface area contributed by atoms with Gasteiger partial charge < -0.3 is 9.84 Å². The van der Waals surface area contributed by atoms with Crippen LogP contribution < -0.4 is 0 Å². The Bertz CT molecular complexity index is 605. The number of esters is 1. The first-order valence-corrected chi connectivity index (χ1v) is 9.81. The smallest absolute Gasteiger partial charge is 0.309 e. The van der Waals surface area contributed by atoms with Crippen molar-refractivity contribution >= 4 is 11.9 Å². The number of carboxylic acid groups (broad SMARTS) is 1. The van der Waals surface area contributed by atoms with Crippen LogP contribution in [0.3, 0.4) is 0 Å². The van der Waals surface area contributed by atoms with Gasteiger partial charge in [0.05, 0.1) is 5.41 Å². The Balaban J connectivity index is 2.13. The molecule has 0 aromatic carbocycles. The average molecular weight is 363 g/mol. The molecule has 0 amide bonds. The second kappa shape index (κ2) is 7.98. The summed E-state index contributed by atoms with van der Waals surface area (Å²) < 4.78 is 4.99. The second-order valence-electron chi connectivity index (χ2n) is 8.78. The van der Waals surface area contributed by atoms with Crippen LogP contribution in [-0.2, 0) is 14.3 Å². The van der Waals surface area contributed by atoms with E-state index in [9.17, 15) is 14.7 Å². The van der Waals surface area contributed by atoms with Crippen molar-refractivity contribution in [1.29, 1.82) is 0 Å². The van der Waals surface area contributed by atoms with Crippen molar-refractivity contribution in [2.24, 2.45) is 22.7 Å². The molecule has 2 aliphatic carbocycles. The van der Waals surface area contributed by atoms with Crippen molar-refractivity contribution in [3.05, 3.63) is 23.8 Å². The first-order valence-electron chi connectivity index (χ1n) is 9.81. The summed E-state index contributed by atoms with van der Waals surface area (Å²) in [5.74, 6) is -0.336. The summed E-state index contributed by atoms with van der Waals surface area (Å²) in [7, 11) is 0. The van der Waals surface area contributed by atoms with Crippen molar-refractivity contribution in [3.8, 4) is 0 Å².